The number of alkyl halides is 3. The van der Waals surface area contributed by atoms with Crippen LogP contribution in [0.25, 0.3) is 0 Å². The first-order chi connectivity index (χ1) is 8.91. The summed E-state index contributed by atoms with van der Waals surface area (Å²) in [6, 6.07) is 3.25. The monoisotopic (exact) mass is 274 g/mol. The number of para-hydroxylation sites is 1. The van der Waals surface area contributed by atoms with E-state index >= 15 is 0 Å². The molecule has 19 heavy (non-hydrogen) atoms. The van der Waals surface area contributed by atoms with E-state index < -0.39 is 17.7 Å². The summed E-state index contributed by atoms with van der Waals surface area (Å²) in [4.78, 5) is 12.6. The molecule has 1 aliphatic heterocycles. The molecule has 2 N–H and O–H groups in total. The highest BCUT2D eigenvalue weighted by Crippen LogP contribution is 2.38. The summed E-state index contributed by atoms with van der Waals surface area (Å²) in [5.41, 5.74) is -1.44. The number of carboxylic acid groups (broad SMARTS) is 1. The molecule has 2 rings (SSSR count). The van der Waals surface area contributed by atoms with Gasteiger partial charge in [0.15, 0.2) is 0 Å². The predicted octanol–water partition coefficient (Wildman–Crippen LogP) is 1.81. The maximum absolute atomic E-state index is 13.0. The van der Waals surface area contributed by atoms with E-state index in [1.54, 1.807) is 0 Å². The van der Waals surface area contributed by atoms with Crippen LogP contribution in [-0.4, -0.2) is 37.3 Å². The van der Waals surface area contributed by atoms with Crippen molar-refractivity contribution >= 4 is 11.7 Å². The second kappa shape index (κ2) is 5.08. The maximum atomic E-state index is 13.0. The molecule has 7 heteroatoms. The highest BCUT2D eigenvalue weighted by atomic mass is 19.4. The molecule has 0 amide bonds. The van der Waals surface area contributed by atoms with Gasteiger partial charge >= 0.3 is 12.1 Å². The van der Waals surface area contributed by atoms with Crippen molar-refractivity contribution in [1.29, 1.82) is 0 Å². The third-order valence-corrected chi connectivity index (χ3v) is 3.01. The van der Waals surface area contributed by atoms with Crippen LogP contribution in [-0.2, 0) is 6.18 Å². The lowest BCUT2D eigenvalue weighted by Crippen LogP contribution is -2.44. The van der Waals surface area contributed by atoms with Crippen molar-refractivity contribution in [3.05, 3.63) is 29.3 Å². The standard InChI is InChI=1S/C12H13F3N2O2/c13-12(14,15)9-3-1-2-8(11(18)19)10(9)17-6-4-16-5-7-17/h1-3,16H,4-7H2,(H,18,19). The van der Waals surface area contributed by atoms with Gasteiger partial charge in [-0.2, -0.15) is 13.2 Å². The summed E-state index contributed by atoms with van der Waals surface area (Å²) in [5, 5.41) is 12.1. The molecule has 0 radical (unpaired) electrons. The second-order valence-electron chi connectivity index (χ2n) is 4.24. The van der Waals surface area contributed by atoms with E-state index in [2.05, 4.69) is 5.32 Å². The quantitative estimate of drug-likeness (QED) is 0.863. The van der Waals surface area contributed by atoms with Gasteiger partial charge in [-0.3, -0.25) is 0 Å². The number of rotatable bonds is 2. The van der Waals surface area contributed by atoms with Crippen molar-refractivity contribution in [1.82, 2.24) is 5.32 Å². The lowest BCUT2D eigenvalue weighted by Gasteiger charge is -2.32. The molecular formula is C12H13F3N2O2. The third-order valence-electron chi connectivity index (χ3n) is 3.01. The van der Waals surface area contributed by atoms with Crippen LogP contribution in [0.5, 0.6) is 0 Å². The smallest absolute Gasteiger partial charge is 0.418 e. The fourth-order valence-corrected chi connectivity index (χ4v) is 2.17. The van der Waals surface area contributed by atoms with Gasteiger partial charge in [0.1, 0.15) is 0 Å². The van der Waals surface area contributed by atoms with Gasteiger partial charge in [-0.15, -0.1) is 0 Å². The van der Waals surface area contributed by atoms with Crippen LogP contribution in [0, 0.1) is 0 Å². The number of benzene rings is 1. The van der Waals surface area contributed by atoms with Crippen molar-refractivity contribution < 1.29 is 23.1 Å². The Morgan fingerprint density at radius 3 is 2.42 bits per heavy atom. The van der Waals surface area contributed by atoms with Crippen LogP contribution in [0.1, 0.15) is 15.9 Å². The molecule has 4 nitrogen and oxygen atoms in total. The first-order valence-corrected chi connectivity index (χ1v) is 5.80. The topological polar surface area (TPSA) is 52.6 Å². The van der Waals surface area contributed by atoms with Gasteiger partial charge in [0.05, 0.1) is 16.8 Å². The molecule has 104 valence electrons. The summed E-state index contributed by atoms with van der Waals surface area (Å²) < 4.78 is 39.0. The maximum Gasteiger partial charge on any atom is 0.418 e. The minimum Gasteiger partial charge on any atom is -0.478 e. The molecule has 1 aromatic rings. The Morgan fingerprint density at radius 2 is 1.89 bits per heavy atom. The second-order valence-corrected chi connectivity index (χ2v) is 4.24. The predicted molar refractivity (Wildman–Crippen MR) is 63.5 cm³/mol. The van der Waals surface area contributed by atoms with E-state index in [1.165, 1.54) is 11.0 Å². The normalized spacial score (nSPS) is 16.5. The average Bonchev–Trinajstić information content (AvgIpc) is 2.37. The number of hydrogen-bond acceptors (Lipinski definition) is 3. The lowest BCUT2D eigenvalue weighted by atomic mass is 10.0. The number of piperazine rings is 1. The van der Waals surface area contributed by atoms with Crippen LogP contribution in [0.15, 0.2) is 18.2 Å². The highest BCUT2D eigenvalue weighted by molar-refractivity contribution is 5.95. The van der Waals surface area contributed by atoms with Crippen LogP contribution in [0.3, 0.4) is 0 Å². The van der Waals surface area contributed by atoms with Crippen molar-refractivity contribution in [2.45, 2.75) is 6.18 Å². The van der Waals surface area contributed by atoms with Crippen molar-refractivity contribution in [2.75, 3.05) is 31.1 Å². The number of hydrogen-bond donors (Lipinski definition) is 2. The number of nitrogens with one attached hydrogen (secondary N) is 1. The SMILES string of the molecule is O=C(O)c1cccc(C(F)(F)F)c1N1CCNCC1. The van der Waals surface area contributed by atoms with Crippen LogP contribution in [0.2, 0.25) is 0 Å². The molecule has 1 saturated heterocycles. The minimum absolute atomic E-state index is 0.232. The summed E-state index contributed by atoms with van der Waals surface area (Å²) in [6.45, 7) is 1.78. The molecule has 1 heterocycles. The molecule has 0 spiro atoms. The van der Waals surface area contributed by atoms with Gasteiger partial charge in [0.2, 0.25) is 0 Å². The van der Waals surface area contributed by atoms with Crippen LogP contribution in [0.4, 0.5) is 18.9 Å². The number of carbonyl (C=O) groups is 1. The Hall–Kier alpha value is -1.76. The van der Waals surface area contributed by atoms with Gasteiger partial charge in [0, 0.05) is 26.2 Å². The zero-order chi connectivity index (χ0) is 14.0. The zero-order valence-electron chi connectivity index (χ0n) is 10.00. The van der Waals surface area contributed by atoms with Crippen LogP contribution < -0.4 is 10.2 Å². The Kier molecular flexibility index (Phi) is 3.66. The molecule has 0 saturated carbocycles. The molecule has 0 bridgehead atoms. The van der Waals surface area contributed by atoms with E-state index in [1.807, 2.05) is 0 Å². The minimum atomic E-state index is -4.56. The van der Waals surface area contributed by atoms with Gasteiger partial charge in [0.25, 0.3) is 0 Å². The van der Waals surface area contributed by atoms with E-state index in [0.717, 1.165) is 12.1 Å². The van der Waals surface area contributed by atoms with E-state index in [0.29, 0.717) is 26.2 Å². The fourth-order valence-electron chi connectivity index (χ4n) is 2.17. The Morgan fingerprint density at radius 1 is 1.26 bits per heavy atom. The van der Waals surface area contributed by atoms with E-state index in [9.17, 15) is 18.0 Å². The van der Waals surface area contributed by atoms with E-state index in [4.69, 9.17) is 5.11 Å². The fraction of sp³-hybridized carbons (Fsp3) is 0.417. The van der Waals surface area contributed by atoms with Crippen molar-refractivity contribution in [3.8, 4) is 0 Å². The van der Waals surface area contributed by atoms with Gasteiger partial charge in [-0.1, -0.05) is 6.07 Å². The van der Waals surface area contributed by atoms with Crippen molar-refractivity contribution in [2.24, 2.45) is 0 Å². The Labute approximate surface area is 107 Å². The first kappa shape index (κ1) is 13.7. The molecule has 0 aromatic heterocycles. The third kappa shape index (κ3) is 2.81. The Balaban J connectivity index is 2.55. The molecule has 0 atom stereocenters. The summed E-state index contributed by atoms with van der Waals surface area (Å²) in [7, 11) is 0. The first-order valence-electron chi connectivity index (χ1n) is 5.80. The Bertz CT molecular complexity index is 482. The number of aromatic carboxylic acids is 1. The molecule has 1 aliphatic rings. The van der Waals surface area contributed by atoms with Gasteiger partial charge in [-0.05, 0) is 12.1 Å². The molecule has 0 unspecified atom stereocenters. The summed E-state index contributed by atoms with van der Waals surface area (Å²) >= 11 is 0. The van der Waals surface area contributed by atoms with E-state index in [-0.39, 0.29) is 11.3 Å². The number of nitrogens with zero attached hydrogens (tertiary/aromatic N) is 1. The number of carboxylic acids is 1. The number of anilines is 1. The lowest BCUT2D eigenvalue weighted by molar-refractivity contribution is -0.137. The average molecular weight is 274 g/mol. The molecular weight excluding hydrogens is 261 g/mol. The largest absolute Gasteiger partial charge is 0.478 e. The molecule has 1 aromatic carbocycles. The van der Waals surface area contributed by atoms with Gasteiger partial charge in [-0.25, -0.2) is 4.79 Å². The van der Waals surface area contributed by atoms with Crippen LogP contribution >= 0.6 is 0 Å². The highest BCUT2D eigenvalue weighted by Gasteiger charge is 2.37. The zero-order valence-corrected chi connectivity index (χ0v) is 10.00. The summed E-state index contributed by atoms with van der Waals surface area (Å²) in [5.74, 6) is -1.35. The molecule has 0 aliphatic carbocycles. The summed E-state index contributed by atoms with van der Waals surface area (Å²) in [6.07, 6.45) is -4.56. The number of halogens is 3. The molecule has 1 fully saturated rings. The van der Waals surface area contributed by atoms with Crippen molar-refractivity contribution in [3.63, 3.8) is 0 Å². The van der Waals surface area contributed by atoms with Gasteiger partial charge < -0.3 is 15.3 Å².